The van der Waals surface area contributed by atoms with E-state index in [1.807, 2.05) is 23.1 Å². The van der Waals surface area contributed by atoms with Gasteiger partial charge in [0.25, 0.3) is 0 Å². The monoisotopic (exact) mass is 287 g/mol. The molecule has 0 radical (unpaired) electrons. The van der Waals surface area contributed by atoms with Crippen LogP contribution in [0, 0.1) is 17.8 Å². The molecule has 21 heavy (non-hydrogen) atoms. The summed E-state index contributed by atoms with van der Waals surface area (Å²) in [7, 11) is 1.59. The van der Waals surface area contributed by atoms with Gasteiger partial charge in [0, 0.05) is 19.5 Å². The standard InChI is InChI=1S/C17H21NO3/c1-3-13-10-17(20)18(11-13)12-14-6-7-16(21-2)15(9-14)5-4-8-19/h6-7,9,13,19H,3,8,10-12H2,1-2H3. The van der Waals surface area contributed by atoms with Gasteiger partial charge in [-0.3, -0.25) is 4.79 Å². The van der Waals surface area contributed by atoms with E-state index in [1.54, 1.807) is 7.11 Å². The van der Waals surface area contributed by atoms with Crippen LogP contribution in [0.3, 0.4) is 0 Å². The maximum atomic E-state index is 12.0. The molecule has 1 unspecified atom stereocenters. The van der Waals surface area contributed by atoms with Crippen molar-refractivity contribution < 1.29 is 14.6 Å². The average molecular weight is 287 g/mol. The molecule has 1 amide bonds. The summed E-state index contributed by atoms with van der Waals surface area (Å²) in [5, 5.41) is 8.81. The quantitative estimate of drug-likeness (QED) is 0.859. The van der Waals surface area contributed by atoms with Crippen LogP contribution in [0.1, 0.15) is 30.9 Å². The second-order valence-electron chi connectivity index (χ2n) is 5.25. The highest BCUT2D eigenvalue weighted by Gasteiger charge is 2.28. The fourth-order valence-electron chi connectivity index (χ4n) is 2.59. The fourth-order valence-corrected chi connectivity index (χ4v) is 2.59. The lowest BCUT2D eigenvalue weighted by Gasteiger charge is -2.17. The molecule has 1 saturated heterocycles. The number of aliphatic hydroxyl groups is 1. The number of hydrogen-bond acceptors (Lipinski definition) is 3. The van der Waals surface area contributed by atoms with Crippen LogP contribution < -0.4 is 4.74 Å². The molecule has 0 saturated carbocycles. The molecule has 2 rings (SSSR count). The lowest BCUT2D eigenvalue weighted by molar-refractivity contribution is -0.128. The number of ether oxygens (including phenoxy) is 1. The maximum absolute atomic E-state index is 12.0. The normalized spacial score (nSPS) is 17.6. The Morgan fingerprint density at radius 3 is 2.90 bits per heavy atom. The highest BCUT2D eigenvalue weighted by atomic mass is 16.5. The summed E-state index contributed by atoms with van der Waals surface area (Å²) >= 11 is 0. The van der Waals surface area contributed by atoms with Crippen molar-refractivity contribution in [1.29, 1.82) is 0 Å². The first-order valence-corrected chi connectivity index (χ1v) is 7.22. The Morgan fingerprint density at radius 2 is 2.29 bits per heavy atom. The summed E-state index contributed by atoms with van der Waals surface area (Å²) in [6, 6.07) is 5.73. The van der Waals surface area contributed by atoms with Crippen LogP contribution in [-0.4, -0.2) is 36.2 Å². The van der Waals surface area contributed by atoms with E-state index in [0.29, 0.717) is 24.6 Å². The van der Waals surface area contributed by atoms with E-state index >= 15 is 0 Å². The Kier molecular flexibility index (Phi) is 5.24. The minimum atomic E-state index is -0.184. The molecule has 1 aliphatic heterocycles. The Morgan fingerprint density at radius 1 is 1.48 bits per heavy atom. The summed E-state index contributed by atoms with van der Waals surface area (Å²) in [5.74, 6) is 6.89. The lowest BCUT2D eigenvalue weighted by Crippen LogP contribution is -2.24. The van der Waals surface area contributed by atoms with Crippen molar-refractivity contribution in [3.8, 4) is 17.6 Å². The SMILES string of the molecule is CCC1CC(=O)N(Cc2ccc(OC)c(C#CCO)c2)C1. The van der Waals surface area contributed by atoms with Crippen molar-refractivity contribution in [2.75, 3.05) is 20.3 Å². The molecule has 0 aliphatic carbocycles. The van der Waals surface area contributed by atoms with Crippen LogP contribution in [0.15, 0.2) is 18.2 Å². The largest absolute Gasteiger partial charge is 0.495 e. The molecule has 1 aromatic carbocycles. The molecule has 0 bridgehead atoms. The van der Waals surface area contributed by atoms with Gasteiger partial charge in [0.1, 0.15) is 12.4 Å². The molecule has 1 aromatic rings. The van der Waals surface area contributed by atoms with Gasteiger partial charge in [0.2, 0.25) is 5.91 Å². The molecule has 0 spiro atoms. The minimum Gasteiger partial charge on any atom is -0.495 e. The van der Waals surface area contributed by atoms with Gasteiger partial charge in [0.15, 0.2) is 0 Å². The van der Waals surface area contributed by atoms with Gasteiger partial charge in [-0.2, -0.15) is 0 Å². The second kappa shape index (κ2) is 7.14. The summed E-state index contributed by atoms with van der Waals surface area (Å²) in [4.78, 5) is 13.9. The zero-order valence-corrected chi connectivity index (χ0v) is 12.6. The van der Waals surface area contributed by atoms with Crippen molar-refractivity contribution in [3.63, 3.8) is 0 Å². The van der Waals surface area contributed by atoms with Crippen LogP contribution in [0.5, 0.6) is 5.75 Å². The fraction of sp³-hybridized carbons (Fsp3) is 0.471. The molecule has 1 fully saturated rings. The smallest absolute Gasteiger partial charge is 0.223 e. The lowest BCUT2D eigenvalue weighted by atomic mass is 10.1. The summed E-state index contributed by atoms with van der Waals surface area (Å²) < 4.78 is 5.26. The zero-order chi connectivity index (χ0) is 15.2. The van der Waals surface area contributed by atoms with E-state index in [4.69, 9.17) is 9.84 Å². The van der Waals surface area contributed by atoms with E-state index in [0.717, 1.165) is 24.1 Å². The van der Waals surface area contributed by atoms with E-state index in [2.05, 4.69) is 18.8 Å². The molecular weight excluding hydrogens is 266 g/mol. The van der Waals surface area contributed by atoms with E-state index in [9.17, 15) is 4.79 Å². The van der Waals surface area contributed by atoms with Crippen molar-refractivity contribution in [2.45, 2.75) is 26.3 Å². The predicted molar refractivity (Wildman–Crippen MR) is 80.8 cm³/mol. The molecule has 4 nitrogen and oxygen atoms in total. The Bertz CT molecular complexity index is 571. The van der Waals surface area contributed by atoms with Crippen molar-refractivity contribution >= 4 is 5.91 Å². The van der Waals surface area contributed by atoms with E-state index in [1.165, 1.54) is 0 Å². The van der Waals surface area contributed by atoms with E-state index < -0.39 is 0 Å². The molecule has 1 N–H and O–H groups in total. The van der Waals surface area contributed by atoms with Crippen molar-refractivity contribution in [3.05, 3.63) is 29.3 Å². The topological polar surface area (TPSA) is 49.8 Å². The number of aliphatic hydroxyl groups excluding tert-OH is 1. The molecule has 1 heterocycles. The summed E-state index contributed by atoms with van der Waals surface area (Å²) in [6.07, 6.45) is 1.70. The Labute approximate surface area is 125 Å². The molecule has 1 atom stereocenters. The molecular formula is C17H21NO3. The van der Waals surface area contributed by atoms with Crippen molar-refractivity contribution in [2.24, 2.45) is 5.92 Å². The number of methoxy groups -OCH3 is 1. The van der Waals surface area contributed by atoms with Gasteiger partial charge in [-0.25, -0.2) is 0 Å². The van der Waals surface area contributed by atoms with Crippen LogP contribution in [0.25, 0.3) is 0 Å². The zero-order valence-electron chi connectivity index (χ0n) is 12.6. The molecule has 0 aromatic heterocycles. The Hall–Kier alpha value is -1.99. The van der Waals surface area contributed by atoms with Crippen LogP contribution in [-0.2, 0) is 11.3 Å². The molecule has 1 aliphatic rings. The number of rotatable bonds is 4. The third kappa shape index (κ3) is 3.77. The number of carbonyl (C=O) groups excluding carboxylic acids is 1. The number of amides is 1. The number of benzene rings is 1. The third-order valence-electron chi connectivity index (χ3n) is 3.81. The van der Waals surface area contributed by atoms with Crippen molar-refractivity contribution in [1.82, 2.24) is 4.90 Å². The summed E-state index contributed by atoms with van der Waals surface area (Å²) in [5.41, 5.74) is 1.77. The first-order chi connectivity index (χ1) is 10.2. The van der Waals surface area contributed by atoms with Gasteiger partial charge >= 0.3 is 0 Å². The minimum absolute atomic E-state index is 0.184. The number of nitrogens with zero attached hydrogens (tertiary/aromatic N) is 1. The van der Waals surface area contributed by atoms with Crippen LogP contribution in [0.4, 0.5) is 0 Å². The Balaban J connectivity index is 2.15. The van der Waals surface area contributed by atoms with Gasteiger partial charge < -0.3 is 14.7 Å². The predicted octanol–water partition coefficient (Wildman–Crippen LogP) is 1.80. The maximum Gasteiger partial charge on any atom is 0.223 e. The number of likely N-dealkylation sites (tertiary alicyclic amines) is 1. The second-order valence-corrected chi connectivity index (χ2v) is 5.25. The van der Waals surface area contributed by atoms with Crippen LogP contribution >= 0.6 is 0 Å². The highest BCUT2D eigenvalue weighted by molar-refractivity contribution is 5.78. The summed E-state index contributed by atoms with van der Waals surface area (Å²) in [6.45, 7) is 3.37. The molecule has 4 heteroatoms. The van der Waals surface area contributed by atoms with Gasteiger partial charge in [0.05, 0.1) is 12.7 Å². The van der Waals surface area contributed by atoms with Gasteiger partial charge in [-0.15, -0.1) is 0 Å². The van der Waals surface area contributed by atoms with Gasteiger partial charge in [-0.1, -0.05) is 31.3 Å². The first-order valence-electron chi connectivity index (χ1n) is 7.22. The number of carbonyl (C=O) groups is 1. The third-order valence-corrected chi connectivity index (χ3v) is 3.81. The number of hydrogen-bond donors (Lipinski definition) is 1. The first kappa shape index (κ1) is 15.4. The highest BCUT2D eigenvalue weighted by Crippen LogP contribution is 2.24. The van der Waals surface area contributed by atoms with Gasteiger partial charge in [-0.05, 0) is 23.6 Å². The van der Waals surface area contributed by atoms with E-state index in [-0.39, 0.29) is 12.5 Å². The van der Waals surface area contributed by atoms with Crippen LogP contribution in [0.2, 0.25) is 0 Å². The average Bonchev–Trinajstić information content (AvgIpc) is 2.85. The molecule has 112 valence electrons.